The maximum Gasteiger partial charge on any atom is 0.490 e. The Morgan fingerprint density at radius 2 is 0.818 bits per heavy atom. The number of alkyl halides is 6. The molecule has 0 heterocycles. The van der Waals surface area contributed by atoms with Crippen LogP contribution in [-0.4, -0.2) is 34.5 Å². The van der Waals surface area contributed by atoms with Gasteiger partial charge in [-0.3, -0.25) is 0 Å². The third kappa shape index (κ3) is 50.8. The van der Waals surface area contributed by atoms with Gasteiger partial charge in [0.05, 0.1) is 0 Å². The van der Waals surface area contributed by atoms with Crippen molar-refractivity contribution < 1.29 is 87.0 Å². The Kier molecular flexibility index (Phi) is 34.1. The standard InChI is InChI=1S/2C3H5.2C2HF3O2.2Pd/c2*1-3-2;2*3-2(4,5)1(6)7;;/h2*3H,1-2H2;2*(H,6,7);;/q2*-1;;;;. The van der Waals surface area contributed by atoms with Gasteiger partial charge in [-0.2, -0.15) is 26.3 Å². The van der Waals surface area contributed by atoms with Gasteiger partial charge in [0.1, 0.15) is 0 Å². The van der Waals surface area contributed by atoms with Gasteiger partial charge in [-0.05, 0) is 0 Å². The zero-order valence-corrected chi connectivity index (χ0v) is 13.7. The Morgan fingerprint density at radius 1 is 0.773 bits per heavy atom. The van der Waals surface area contributed by atoms with Crippen LogP contribution in [-0.2, 0) is 50.4 Å². The minimum absolute atomic E-state index is 0. The van der Waals surface area contributed by atoms with E-state index in [1.54, 1.807) is 0 Å². The Labute approximate surface area is 150 Å². The van der Waals surface area contributed by atoms with Crippen molar-refractivity contribution in [1.82, 2.24) is 0 Å². The summed E-state index contributed by atoms with van der Waals surface area (Å²) in [6.07, 6.45) is -7.17. The van der Waals surface area contributed by atoms with Gasteiger partial charge in [0.15, 0.2) is 0 Å². The molecule has 0 aromatic heterocycles. The summed E-state index contributed by atoms with van der Waals surface area (Å²) >= 11 is 0. The first kappa shape index (κ1) is 37.4. The van der Waals surface area contributed by atoms with E-state index in [9.17, 15) is 26.3 Å². The van der Waals surface area contributed by atoms with E-state index in [1.807, 2.05) is 0 Å². The van der Waals surface area contributed by atoms with E-state index in [2.05, 4.69) is 27.0 Å². The number of aliphatic carboxylic acids is 2. The molecule has 0 fully saturated rings. The molecular formula is C10H12F6O4Pd2-2. The summed E-state index contributed by atoms with van der Waals surface area (Å²) < 4.78 is 63.5. The Bertz CT molecular complexity index is 273. The molecule has 0 rings (SSSR count). The molecule has 2 N–H and O–H groups in total. The van der Waals surface area contributed by atoms with Crippen molar-refractivity contribution in [3.63, 3.8) is 0 Å². The largest absolute Gasteiger partial charge is 0.490 e. The molecular weight excluding hydrogens is 511 g/mol. The fourth-order valence-corrected chi connectivity index (χ4v) is 0. The van der Waals surface area contributed by atoms with Gasteiger partial charge in [-0.15, -0.1) is 0 Å². The van der Waals surface area contributed by atoms with Gasteiger partial charge in [-0.1, -0.05) is 0 Å². The molecule has 0 aliphatic carbocycles. The summed E-state index contributed by atoms with van der Waals surface area (Å²) in [5, 5.41) is 14.2. The first-order chi connectivity index (χ1) is 8.72. The number of halogens is 6. The second-order valence-electron chi connectivity index (χ2n) is 2.18. The molecule has 0 aromatic carbocycles. The van der Waals surface area contributed by atoms with Crippen LogP contribution in [0.2, 0.25) is 0 Å². The quantitative estimate of drug-likeness (QED) is 0.291. The number of rotatable bonds is 0. The molecule has 12 heteroatoms. The van der Waals surface area contributed by atoms with Gasteiger partial charge in [0.2, 0.25) is 0 Å². The van der Waals surface area contributed by atoms with E-state index >= 15 is 0 Å². The van der Waals surface area contributed by atoms with Crippen molar-refractivity contribution in [3.8, 4) is 0 Å². The molecule has 4 nitrogen and oxygen atoms in total. The van der Waals surface area contributed by atoms with Crippen molar-refractivity contribution in [2.45, 2.75) is 12.4 Å². The predicted octanol–water partition coefficient (Wildman–Crippen LogP) is 3.27. The van der Waals surface area contributed by atoms with Crippen molar-refractivity contribution in [2.75, 3.05) is 0 Å². The maximum atomic E-state index is 10.6. The number of allylic oxidation sites excluding steroid dienone is 2. The summed E-state index contributed by atoms with van der Waals surface area (Å²) in [6, 6.07) is 0. The fourth-order valence-electron chi connectivity index (χ4n) is 0. The van der Waals surface area contributed by atoms with Gasteiger partial charge in [-0.25, -0.2) is 48.7 Å². The van der Waals surface area contributed by atoms with Crippen molar-refractivity contribution in [3.05, 3.63) is 39.2 Å². The predicted molar refractivity (Wildman–Crippen MR) is 58.5 cm³/mol. The van der Waals surface area contributed by atoms with Gasteiger partial charge < -0.3 is 10.2 Å². The van der Waals surface area contributed by atoms with Gasteiger partial charge in [0.25, 0.3) is 0 Å². The molecule has 0 atom stereocenters. The summed E-state index contributed by atoms with van der Waals surface area (Å²) in [6.45, 7) is 13.0. The second-order valence-corrected chi connectivity index (χ2v) is 2.18. The molecule has 0 radical (unpaired) electrons. The Morgan fingerprint density at radius 3 is 0.818 bits per heavy atom. The number of hydrogen-bond acceptors (Lipinski definition) is 2. The van der Waals surface area contributed by atoms with Crippen LogP contribution in [0.25, 0.3) is 0 Å². The first-order valence-electron chi connectivity index (χ1n) is 4.12. The average Bonchev–Trinajstić information content (AvgIpc) is 2.17. The number of carboxylic acid groups (broad SMARTS) is 2. The van der Waals surface area contributed by atoms with E-state index in [0.717, 1.165) is 0 Å². The summed E-state index contributed by atoms with van der Waals surface area (Å²) in [5.74, 6) is -5.51. The molecule has 0 unspecified atom stereocenters. The minimum atomic E-state index is -5.08. The van der Waals surface area contributed by atoms with Crippen LogP contribution < -0.4 is 0 Å². The smallest absolute Gasteiger partial charge is 0.475 e. The Balaban J connectivity index is -0.0000000404. The van der Waals surface area contributed by atoms with Crippen LogP contribution in [0.15, 0.2) is 25.3 Å². The van der Waals surface area contributed by atoms with Gasteiger partial charge in [0, 0.05) is 40.8 Å². The van der Waals surface area contributed by atoms with Crippen molar-refractivity contribution >= 4 is 11.9 Å². The Hall–Kier alpha value is -0.935. The molecule has 0 amide bonds. The molecule has 22 heavy (non-hydrogen) atoms. The molecule has 0 bridgehead atoms. The minimum Gasteiger partial charge on any atom is -0.475 e. The van der Waals surface area contributed by atoms with Crippen LogP contribution in [0.1, 0.15) is 0 Å². The zero-order valence-electron chi connectivity index (χ0n) is 10.6. The molecule has 0 saturated heterocycles. The summed E-state index contributed by atoms with van der Waals surface area (Å²) in [4.78, 5) is 17.8. The van der Waals surface area contributed by atoms with Crippen molar-refractivity contribution in [1.29, 1.82) is 0 Å². The zero-order chi connectivity index (χ0) is 17.6. The molecule has 0 aliphatic heterocycles. The fraction of sp³-hybridized carbons (Fsp3) is 0.200. The average molecular weight is 523 g/mol. The third-order valence-corrected chi connectivity index (χ3v) is 0.485. The number of hydrogen-bond donors (Lipinski definition) is 2. The number of carboxylic acids is 2. The summed E-state index contributed by atoms with van der Waals surface area (Å²) in [5.41, 5.74) is 0. The van der Waals surface area contributed by atoms with E-state index in [4.69, 9.17) is 19.8 Å². The van der Waals surface area contributed by atoms with E-state index < -0.39 is 24.3 Å². The topological polar surface area (TPSA) is 74.6 Å². The second kappa shape index (κ2) is 20.1. The maximum absolute atomic E-state index is 10.6. The molecule has 0 saturated carbocycles. The first-order valence-corrected chi connectivity index (χ1v) is 4.12. The van der Waals surface area contributed by atoms with Crippen molar-refractivity contribution in [2.24, 2.45) is 0 Å². The SMILES string of the molecule is C=C[CH2-].C=C[CH2-].O=C(O)C(F)(F)F.O=C(O)C(F)(F)F.[Pd].[Pd]. The van der Waals surface area contributed by atoms with E-state index in [-0.39, 0.29) is 40.8 Å². The summed E-state index contributed by atoms with van der Waals surface area (Å²) in [7, 11) is 0. The van der Waals surface area contributed by atoms with Crippen LogP contribution in [0.5, 0.6) is 0 Å². The van der Waals surface area contributed by atoms with E-state index in [1.165, 1.54) is 12.2 Å². The van der Waals surface area contributed by atoms with Crippen LogP contribution in [0.3, 0.4) is 0 Å². The third-order valence-electron chi connectivity index (χ3n) is 0.485. The van der Waals surface area contributed by atoms with Gasteiger partial charge >= 0.3 is 24.3 Å². The molecule has 0 spiro atoms. The van der Waals surface area contributed by atoms with Crippen LogP contribution in [0.4, 0.5) is 26.3 Å². The number of carbonyl (C=O) groups is 2. The molecule has 0 aromatic rings. The van der Waals surface area contributed by atoms with Crippen LogP contribution >= 0.6 is 0 Å². The normalized spacial score (nSPS) is 8.27. The van der Waals surface area contributed by atoms with E-state index in [0.29, 0.717) is 0 Å². The van der Waals surface area contributed by atoms with Crippen LogP contribution in [0, 0.1) is 13.8 Å². The monoisotopic (exact) mass is 522 g/mol. The molecule has 140 valence electrons. The molecule has 0 aliphatic rings.